The van der Waals surface area contributed by atoms with E-state index in [1.54, 1.807) is 0 Å². The minimum atomic E-state index is 0.144. The maximum atomic E-state index is 5.62. The quantitative estimate of drug-likeness (QED) is 0.719. The average molecular weight is 255 g/mol. The second kappa shape index (κ2) is 5.99. The van der Waals surface area contributed by atoms with Crippen LogP contribution < -0.4 is 0 Å². The Morgan fingerprint density at radius 2 is 2.07 bits per heavy atom. The maximum Gasteiger partial charge on any atom is 0.0859 e. The maximum absolute atomic E-state index is 5.62. The Balaban J connectivity index is 2.76. The molecule has 14 heavy (non-hydrogen) atoms. The lowest BCUT2D eigenvalue weighted by atomic mass is 10.1. The first-order valence-corrected chi connectivity index (χ1v) is 5.55. The highest BCUT2D eigenvalue weighted by atomic mass is 79.9. The molecule has 0 aromatic heterocycles. The Bertz CT molecular complexity index is 279. The van der Waals surface area contributed by atoms with E-state index in [4.69, 9.17) is 4.74 Å². The second-order valence-corrected chi connectivity index (χ2v) is 3.94. The van der Waals surface area contributed by atoms with Crippen molar-refractivity contribution in [3.8, 4) is 0 Å². The number of rotatable bonds is 5. The fraction of sp³-hybridized carbons (Fsp3) is 0.333. The molecule has 0 radical (unpaired) electrons. The van der Waals surface area contributed by atoms with Crippen LogP contribution in [-0.4, -0.2) is 6.61 Å². The van der Waals surface area contributed by atoms with Crippen LogP contribution in [0.2, 0.25) is 0 Å². The molecule has 0 spiro atoms. The van der Waals surface area contributed by atoms with E-state index in [0.29, 0.717) is 0 Å². The summed E-state index contributed by atoms with van der Waals surface area (Å²) >= 11 is 3.41. The standard InChI is InChI=1S/C12H15BrO/c1-3-5-12(14-4-2)10-6-8-11(13)9-7-10/h3,6-9,12H,1,4-5H2,2H3. The van der Waals surface area contributed by atoms with Gasteiger partial charge in [0.25, 0.3) is 0 Å². The third kappa shape index (κ3) is 3.28. The molecule has 0 aliphatic rings. The van der Waals surface area contributed by atoms with Gasteiger partial charge >= 0.3 is 0 Å². The molecule has 0 aliphatic heterocycles. The summed E-state index contributed by atoms with van der Waals surface area (Å²) in [6, 6.07) is 8.22. The number of hydrogen-bond donors (Lipinski definition) is 0. The van der Waals surface area contributed by atoms with Crippen LogP contribution in [0.5, 0.6) is 0 Å². The summed E-state index contributed by atoms with van der Waals surface area (Å²) in [5, 5.41) is 0. The number of ether oxygens (including phenoxy) is 1. The van der Waals surface area contributed by atoms with Crippen molar-refractivity contribution in [1.29, 1.82) is 0 Å². The van der Waals surface area contributed by atoms with E-state index in [0.717, 1.165) is 17.5 Å². The molecule has 0 saturated heterocycles. The van der Waals surface area contributed by atoms with Crippen molar-refractivity contribution in [2.75, 3.05) is 6.61 Å². The summed E-state index contributed by atoms with van der Waals surface area (Å²) in [5.41, 5.74) is 1.20. The third-order valence-corrected chi connectivity index (χ3v) is 2.52. The van der Waals surface area contributed by atoms with Gasteiger partial charge in [-0.1, -0.05) is 34.1 Å². The molecule has 0 aliphatic carbocycles. The molecule has 0 fully saturated rings. The summed E-state index contributed by atoms with van der Waals surface area (Å²) in [4.78, 5) is 0. The molecule has 2 heteroatoms. The van der Waals surface area contributed by atoms with Gasteiger partial charge in [-0.15, -0.1) is 6.58 Å². The first kappa shape index (κ1) is 11.5. The molecule has 1 atom stereocenters. The van der Waals surface area contributed by atoms with Crippen LogP contribution in [0.3, 0.4) is 0 Å². The molecule has 1 aromatic carbocycles. The zero-order chi connectivity index (χ0) is 10.4. The van der Waals surface area contributed by atoms with Crippen molar-refractivity contribution < 1.29 is 4.74 Å². The molecular weight excluding hydrogens is 240 g/mol. The molecular formula is C12H15BrO. The molecule has 0 amide bonds. The Morgan fingerprint density at radius 3 is 2.57 bits per heavy atom. The van der Waals surface area contributed by atoms with E-state index < -0.39 is 0 Å². The van der Waals surface area contributed by atoms with Crippen LogP contribution in [0.1, 0.15) is 25.0 Å². The molecule has 0 N–H and O–H groups in total. The molecule has 1 aromatic rings. The van der Waals surface area contributed by atoms with Crippen LogP contribution in [0.15, 0.2) is 41.4 Å². The fourth-order valence-corrected chi connectivity index (χ4v) is 1.59. The Kier molecular flexibility index (Phi) is 4.91. The van der Waals surface area contributed by atoms with Crippen LogP contribution in [-0.2, 0) is 4.74 Å². The predicted molar refractivity (Wildman–Crippen MR) is 63.3 cm³/mol. The van der Waals surface area contributed by atoms with Crippen LogP contribution in [0, 0.1) is 0 Å². The van der Waals surface area contributed by atoms with Crippen LogP contribution in [0.25, 0.3) is 0 Å². The molecule has 0 bridgehead atoms. The first-order chi connectivity index (χ1) is 6.77. The number of benzene rings is 1. The summed E-state index contributed by atoms with van der Waals surface area (Å²) < 4.78 is 6.71. The van der Waals surface area contributed by atoms with Gasteiger partial charge < -0.3 is 4.74 Å². The Hall–Kier alpha value is -0.600. The van der Waals surface area contributed by atoms with Crippen molar-refractivity contribution in [3.05, 3.63) is 47.0 Å². The lowest BCUT2D eigenvalue weighted by molar-refractivity contribution is 0.0648. The SMILES string of the molecule is C=CCC(OCC)c1ccc(Br)cc1. The van der Waals surface area contributed by atoms with Crippen LogP contribution in [0.4, 0.5) is 0 Å². The summed E-state index contributed by atoms with van der Waals surface area (Å²) in [5.74, 6) is 0. The normalized spacial score (nSPS) is 12.4. The van der Waals surface area contributed by atoms with Crippen molar-refractivity contribution in [2.45, 2.75) is 19.4 Å². The van der Waals surface area contributed by atoms with Crippen LogP contribution >= 0.6 is 15.9 Å². The largest absolute Gasteiger partial charge is 0.373 e. The van der Waals surface area contributed by atoms with E-state index in [9.17, 15) is 0 Å². The minimum absolute atomic E-state index is 0.144. The minimum Gasteiger partial charge on any atom is -0.373 e. The molecule has 0 heterocycles. The lowest BCUT2D eigenvalue weighted by Gasteiger charge is -2.15. The van der Waals surface area contributed by atoms with Gasteiger partial charge in [-0.3, -0.25) is 0 Å². The van der Waals surface area contributed by atoms with Gasteiger partial charge in [0.2, 0.25) is 0 Å². The molecule has 76 valence electrons. The van der Waals surface area contributed by atoms with Gasteiger partial charge in [0.15, 0.2) is 0 Å². The van der Waals surface area contributed by atoms with Gasteiger partial charge in [0, 0.05) is 11.1 Å². The van der Waals surface area contributed by atoms with Gasteiger partial charge in [-0.25, -0.2) is 0 Å². The van der Waals surface area contributed by atoms with E-state index in [-0.39, 0.29) is 6.10 Å². The average Bonchev–Trinajstić information content (AvgIpc) is 2.19. The topological polar surface area (TPSA) is 9.23 Å². The van der Waals surface area contributed by atoms with E-state index in [1.165, 1.54) is 5.56 Å². The van der Waals surface area contributed by atoms with E-state index in [2.05, 4.69) is 34.6 Å². The molecule has 1 rings (SSSR count). The fourth-order valence-electron chi connectivity index (χ4n) is 1.33. The monoisotopic (exact) mass is 254 g/mol. The van der Waals surface area contributed by atoms with Crippen molar-refractivity contribution in [3.63, 3.8) is 0 Å². The number of halogens is 1. The van der Waals surface area contributed by atoms with Gasteiger partial charge in [0.1, 0.15) is 0 Å². The van der Waals surface area contributed by atoms with Gasteiger partial charge in [-0.05, 0) is 31.0 Å². The third-order valence-electron chi connectivity index (χ3n) is 1.99. The van der Waals surface area contributed by atoms with E-state index >= 15 is 0 Å². The zero-order valence-electron chi connectivity index (χ0n) is 8.37. The van der Waals surface area contributed by atoms with E-state index in [1.807, 2.05) is 25.1 Å². The van der Waals surface area contributed by atoms with Crippen molar-refractivity contribution >= 4 is 15.9 Å². The summed E-state index contributed by atoms with van der Waals surface area (Å²) in [6.45, 7) is 6.48. The molecule has 1 nitrogen and oxygen atoms in total. The lowest BCUT2D eigenvalue weighted by Crippen LogP contribution is -2.02. The van der Waals surface area contributed by atoms with Crippen molar-refractivity contribution in [1.82, 2.24) is 0 Å². The smallest absolute Gasteiger partial charge is 0.0859 e. The molecule has 0 saturated carbocycles. The number of hydrogen-bond acceptors (Lipinski definition) is 1. The summed E-state index contributed by atoms with van der Waals surface area (Å²) in [6.07, 6.45) is 2.89. The van der Waals surface area contributed by atoms with Gasteiger partial charge in [0.05, 0.1) is 6.10 Å². The Labute approximate surface area is 93.9 Å². The first-order valence-electron chi connectivity index (χ1n) is 4.76. The highest BCUT2D eigenvalue weighted by molar-refractivity contribution is 9.10. The Morgan fingerprint density at radius 1 is 1.43 bits per heavy atom. The highest BCUT2D eigenvalue weighted by Crippen LogP contribution is 2.23. The highest BCUT2D eigenvalue weighted by Gasteiger charge is 2.08. The van der Waals surface area contributed by atoms with Crippen molar-refractivity contribution in [2.24, 2.45) is 0 Å². The summed E-state index contributed by atoms with van der Waals surface area (Å²) in [7, 11) is 0. The second-order valence-electron chi connectivity index (χ2n) is 3.02. The predicted octanol–water partition coefficient (Wildman–Crippen LogP) is 4.10. The van der Waals surface area contributed by atoms with Gasteiger partial charge in [-0.2, -0.15) is 0 Å². The zero-order valence-corrected chi connectivity index (χ0v) is 9.96. The molecule has 1 unspecified atom stereocenters.